The first-order chi connectivity index (χ1) is 13.6. The van der Waals surface area contributed by atoms with Gasteiger partial charge < -0.3 is 20.7 Å². The van der Waals surface area contributed by atoms with Gasteiger partial charge in [0.05, 0.1) is 19.8 Å². The number of carbonyl (C=O) groups is 2. The van der Waals surface area contributed by atoms with E-state index in [4.69, 9.17) is 4.74 Å². The maximum Gasteiger partial charge on any atom is 0.238 e. The van der Waals surface area contributed by atoms with Crippen molar-refractivity contribution in [3.8, 4) is 0 Å². The lowest BCUT2D eigenvalue weighted by atomic mass is 9.89. The molecule has 3 aliphatic heterocycles. The molecule has 7 nitrogen and oxygen atoms in total. The summed E-state index contributed by atoms with van der Waals surface area (Å²) in [5, 5.41) is 9.52. The number of fused-ring (bicyclic) bond motifs is 2. The maximum atomic E-state index is 12.4. The van der Waals surface area contributed by atoms with Crippen LogP contribution in [-0.2, 0) is 14.3 Å². The average molecular weight is 459 g/mol. The monoisotopic (exact) mass is 458 g/mol. The molecule has 3 aliphatic rings. The topological polar surface area (TPSA) is 82.7 Å². The quantitative estimate of drug-likeness (QED) is 0.610. The molecular formula is C21H32Cl2N4O3. The van der Waals surface area contributed by atoms with Gasteiger partial charge in [-0.1, -0.05) is 0 Å². The Hall–Kier alpha value is -1.38. The molecule has 3 saturated heterocycles. The molecule has 0 radical (unpaired) electrons. The van der Waals surface area contributed by atoms with Gasteiger partial charge in [0.15, 0.2) is 0 Å². The molecule has 3 fully saturated rings. The minimum atomic E-state index is -0.0285. The lowest BCUT2D eigenvalue weighted by Crippen LogP contribution is -2.41. The zero-order valence-corrected chi connectivity index (χ0v) is 18.7. The van der Waals surface area contributed by atoms with E-state index in [0.29, 0.717) is 44.2 Å². The first-order valence-corrected chi connectivity index (χ1v) is 10.4. The van der Waals surface area contributed by atoms with Crippen molar-refractivity contribution in [1.29, 1.82) is 0 Å². The second-order valence-corrected chi connectivity index (χ2v) is 8.24. The van der Waals surface area contributed by atoms with Gasteiger partial charge in [0, 0.05) is 43.0 Å². The van der Waals surface area contributed by atoms with E-state index in [1.807, 2.05) is 24.3 Å². The lowest BCUT2D eigenvalue weighted by Gasteiger charge is -2.28. The third-order valence-corrected chi connectivity index (χ3v) is 5.97. The van der Waals surface area contributed by atoms with E-state index in [-0.39, 0.29) is 36.6 Å². The number of carbonyl (C=O) groups excluding carboxylic acids is 2. The Morgan fingerprint density at radius 3 is 2.03 bits per heavy atom. The Labute approximate surface area is 190 Å². The van der Waals surface area contributed by atoms with Crippen LogP contribution >= 0.6 is 24.8 Å². The van der Waals surface area contributed by atoms with Crippen molar-refractivity contribution in [3.63, 3.8) is 0 Å². The average Bonchev–Trinajstić information content (AvgIpc) is 3.02. The number of rotatable bonds is 6. The zero-order valence-electron chi connectivity index (χ0n) is 17.1. The van der Waals surface area contributed by atoms with Crippen molar-refractivity contribution in [2.75, 3.05) is 43.5 Å². The second kappa shape index (κ2) is 11.9. The van der Waals surface area contributed by atoms with Crippen molar-refractivity contribution < 1.29 is 14.3 Å². The summed E-state index contributed by atoms with van der Waals surface area (Å²) in [6, 6.07) is 8.56. The van der Waals surface area contributed by atoms with Crippen LogP contribution in [0, 0.1) is 5.92 Å². The van der Waals surface area contributed by atoms with E-state index in [1.54, 1.807) is 0 Å². The Balaban J connectivity index is 0.00000160. The Kier molecular flexibility index (Phi) is 9.84. The Morgan fingerprint density at radius 2 is 1.47 bits per heavy atom. The van der Waals surface area contributed by atoms with E-state index in [1.165, 1.54) is 12.8 Å². The molecule has 1 aromatic rings. The van der Waals surface area contributed by atoms with Crippen molar-refractivity contribution in [2.24, 2.45) is 5.92 Å². The van der Waals surface area contributed by atoms with Crippen LogP contribution in [-0.4, -0.2) is 61.6 Å². The summed E-state index contributed by atoms with van der Waals surface area (Å²) in [5.74, 6) is 0.534. The summed E-state index contributed by atoms with van der Waals surface area (Å²) in [5.41, 5.74) is 1.51. The number of hydrogen-bond donors (Lipinski definition) is 3. The molecule has 0 aromatic heterocycles. The number of benzene rings is 1. The molecule has 0 spiro atoms. The summed E-state index contributed by atoms with van der Waals surface area (Å²) < 4.78 is 5.29. The number of nitrogens with zero attached hydrogens (tertiary/aromatic N) is 1. The lowest BCUT2D eigenvalue weighted by molar-refractivity contribution is -0.118. The van der Waals surface area contributed by atoms with Gasteiger partial charge in [-0.3, -0.25) is 14.5 Å². The molecule has 3 N–H and O–H groups in total. The molecule has 3 heterocycles. The zero-order chi connectivity index (χ0) is 19.3. The summed E-state index contributed by atoms with van der Waals surface area (Å²) in [7, 11) is 0. The number of halogens is 2. The van der Waals surface area contributed by atoms with Gasteiger partial charge in [-0.25, -0.2) is 0 Å². The predicted molar refractivity (Wildman–Crippen MR) is 123 cm³/mol. The van der Waals surface area contributed by atoms with Gasteiger partial charge in [-0.05, 0) is 55.9 Å². The molecule has 9 heteroatoms. The number of ether oxygens (including phenoxy) is 1. The molecule has 4 rings (SSSR count). The van der Waals surface area contributed by atoms with Gasteiger partial charge in [0.2, 0.25) is 11.8 Å². The molecule has 2 atom stereocenters. The van der Waals surface area contributed by atoms with Crippen LogP contribution in [0.2, 0.25) is 0 Å². The standard InChI is InChI=1S/C21H30N4O3.2ClH/c26-20(13-15-11-18-5-6-19(12-15)22-18)23-16-1-3-17(4-2-16)24-21(27)14-25-7-9-28-10-8-25;;/h1-4,15,18-19,22H,5-14H2,(H,23,26)(H,24,27);2*1H. The maximum absolute atomic E-state index is 12.4. The van der Waals surface area contributed by atoms with Crippen LogP contribution in [0.4, 0.5) is 11.4 Å². The number of piperidine rings is 1. The van der Waals surface area contributed by atoms with E-state index in [2.05, 4.69) is 20.9 Å². The van der Waals surface area contributed by atoms with E-state index < -0.39 is 0 Å². The van der Waals surface area contributed by atoms with E-state index in [0.717, 1.165) is 37.3 Å². The smallest absolute Gasteiger partial charge is 0.238 e. The van der Waals surface area contributed by atoms with Crippen LogP contribution in [0.5, 0.6) is 0 Å². The summed E-state index contributed by atoms with van der Waals surface area (Å²) in [4.78, 5) is 26.6. The number of hydrogen-bond acceptors (Lipinski definition) is 5. The highest BCUT2D eigenvalue weighted by molar-refractivity contribution is 5.93. The van der Waals surface area contributed by atoms with Gasteiger partial charge in [0.1, 0.15) is 0 Å². The van der Waals surface area contributed by atoms with Crippen molar-refractivity contribution >= 4 is 48.0 Å². The number of nitrogens with one attached hydrogen (secondary N) is 3. The van der Waals surface area contributed by atoms with Crippen LogP contribution in [0.3, 0.4) is 0 Å². The molecular weight excluding hydrogens is 427 g/mol. The molecule has 0 saturated carbocycles. The van der Waals surface area contributed by atoms with E-state index >= 15 is 0 Å². The van der Waals surface area contributed by atoms with Crippen LogP contribution in [0.1, 0.15) is 32.1 Å². The first-order valence-electron chi connectivity index (χ1n) is 10.4. The highest BCUT2D eigenvalue weighted by atomic mass is 35.5. The van der Waals surface area contributed by atoms with Crippen molar-refractivity contribution in [1.82, 2.24) is 10.2 Å². The summed E-state index contributed by atoms with van der Waals surface area (Å²) in [6.45, 7) is 3.31. The van der Waals surface area contributed by atoms with Crippen molar-refractivity contribution in [3.05, 3.63) is 24.3 Å². The summed E-state index contributed by atoms with van der Waals surface area (Å²) in [6.07, 6.45) is 5.31. The highest BCUT2D eigenvalue weighted by Crippen LogP contribution is 2.32. The van der Waals surface area contributed by atoms with E-state index in [9.17, 15) is 9.59 Å². The molecule has 1 aromatic carbocycles. The molecule has 2 amide bonds. The molecule has 168 valence electrons. The Bertz CT molecular complexity index is 686. The van der Waals surface area contributed by atoms with Gasteiger partial charge in [-0.2, -0.15) is 0 Å². The SMILES string of the molecule is Cl.Cl.O=C(CC1CC2CCC(C1)N2)Nc1ccc(NC(=O)CN2CCOCC2)cc1. The fraction of sp³-hybridized carbons (Fsp3) is 0.619. The van der Waals surface area contributed by atoms with Crippen LogP contribution in [0.15, 0.2) is 24.3 Å². The third-order valence-electron chi connectivity index (χ3n) is 5.97. The number of amides is 2. The molecule has 0 aliphatic carbocycles. The normalized spacial score (nSPS) is 25.5. The second-order valence-electron chi connectivity index (χ2n) is 8.24. The molecule has 2 bridgehead atoms. The Morgan fingerprint density at radius 1 is 0.933 bits per heavy atom. The fourth-order valence-electron chi connectivity index (χ4n) is 4.62. The molecule has 2 unspecified atom stereocenters. The number of anilines is 2. The fourth-order valence-corrected chi connectivity index (χ4v) is 4.62. The minimum absolute atomic E-state index is 0. The largest absolute Gasteiger partial charge is 0.379 e. The van der Waals surface area contributed by atoms with Crippen LogP contribution < -0.4 is 16.0 Å². The predicted octanol–water partition coefficient (Wildman–Crippen LogP) is 2.66. The van der Waals surface area contributed by atoms with Crippen LogP contribution in [0.25, 0.3) is 0 Å². The minimum Gasteiger partial charge on any atom is -0.379 e. The van der Waals surface area contributed by atoms with Gasteiger partial charge in [-0.15, -0.1) is 24.8 Å². The third kappa shape index (κ3) is 7.10. The first kappa shape index (κ1) is 24.9. The van der Waals surface area contributed by atoms with Crippen molar-refractivity contribution in [2.45, 2.75) is 44.2 Å². The van der Waals surface area contributed by atoms with Gasteiger partial charge >= 0.3 is 0 Å². The van der Waals surface area contributed by atoms with Gasteiger partial charge in [0.25, 0.3) is 0 Å². The highest BCUT2D eigenvalue weighted by Gasteiger charge is 2.34. The summed E-state index contributed by atoms with van der Waals surface area (Å²) >= 11 is 0. The number of morpholine rings is 1. The molecule has 30 heavy (non-hydrogen) atoms.